The van der Waals surface area contributed by atoms with E-state index in [9.17, 15) is 0 Å². The van der Waals surface area contributed by atoms with Gasteiger partial charge in [-0.05, 0) is 26.3 Å². The van der Waals surface area contributed by atoms with Crippen LogP contribution in [0.4, 0.5) is 0 Å². The SMILES string of the molecule is CCNC(C)CCCSc1ncnn1C. The molecule has 0 bridgehead atoms. The van der Waals surface area contributed by atoms with Gasteiger partial charge in [-0.1, -0.05) is 18.7 Å². The quantitative estimate of drug-likeness (QED) is 0.569. The molecule has 0 aliphatic rings. The van der Waals surface area contributed by atoms with Gasteiger partial charge in [0, 0.05) is 18.8 Å². The van der Waals surface area contributed by atoms with Crippen molar-refractivity contribution in [3.05, 3.63) is 6.33 Å². The van der Waals surface area contributed by atoms with Crippen molar-refractivity contribution in [1.82, 2.24) is 20.1 Å². The molecule has 1 heterocycles. The minimum Gasteiger partial charge on any atom is -0.315 e. The summed E-state index contributed by atoms with van der Waals surface area (Å²) in [5.41, 5.74) is 0. The van der Waals surface area contributed by atoms with E-state index in [0.29, 0.717) is 6.04 Å². The molecule has 1 aromatic heterocycles. The Morgan fingerprint density at radius 3 is 3.00 bits per heavy atom. The average Bonchev–Trinajstić information content (AvgIpc) is 2.60. The van der Waals surface area contributed by atoms with Crippen molar-refractivity contribution in [2.75, 3.05) is 12.3 Å². The Morgan fingerprint density at radius 1 is 1.60 bits per heavy atom. The lowest BCUT2D eigenvalue weighted by Crippen LogP contribution is -2.25. The number of nitrogens with zero attached hydrogens (tertiary/aromatic N) is 3. The molecule has 0 fully saturated rings. The summed E-state index contributed by atoms with van der Waals surface area (Å²) in [4.78, 5) is 4.17. The van der Waals surface area contributed by atoms with Crippen molar-refractivity contribution in [2.45, 2.75) is 37.9 Å². The van der Waals surface area contributed by atoms with Crippen LogP contribution in [0.5, 0.6) is 0 Å². The first-order valence-electron chi connectivity index (χ1n) is 5.44. The predicted octanol–water partition coefficient (Wildman–Crippen LogP) is 1.69. The van der Waals surface area contributed by atoms with Crippen molar-refractivity contribution in [3.8, 4) is 0 Å². The first kappa shape index (κ1) is 12.5. The standard InChI is InChI=1S/C10H20N4S/c1-4-11-9(2)6-5-7-15-10-12-8-13-14(10)3/h8-9,11H,4-7H2,1-3H3. The second-order valence-corrected chi connectivity index (χ2v) is 4.68. The van der Waals surface area contributed by atoms with Gasteiger partial charge in [-0.15, -0.1) is 0 Å². The minimum atomic E-state index is 0.620. The highest BCUT2D eigenvalue weighted by molar-refractivity contribution is 7.99. The topological polar surface area (TPSA) is 42.7 Å². The maximum Gasteiger partial charge on any atom is 0.185 e. The number of thioether (sulfide) groups is 1. The van der Waals surface area contributed by atoms with E-state index in [1.807, 2.05) is 11.7 Å². The molecular weight excluding hydrogens is 208 g/mol. The van der Waals surface area contributed by atoms with Gasteiger partial charge >= 0.3 is 0 Å². The highest BCUT2D eigenvalue weighted by Gasteiger charge is 2.02. The minimum absolute atomic E-state index is 0.620. The van der Waals surface area contributed by atoms with E-state index in [2.05, 4.69) is 29.2 Å². The third kappa shape index (κ3) is 4.66. The molecule has 0 saturated carbocycles. The van der Waals surface area contributed by atoms with Crippen molar-refractivity contribution in [1.29, 1.82) is 0 Å². The molecule has 0 amide bonds. The number of aromatic nitrogens is 3. The van der Waals surface area contributed by atoms with Crippen LogP contribution in [0, 0.1) is 0 Å². The van der Waals surface area contributed by atoms with E-state index in [4.69, 9.17) is 0 Å². The summed E-state index contributed by atoms with van der Waals surface area (Å²) >= 11 is 1.78. The zero-order valence-corrected chi connectivity index (χ0v) is 10.5. The first-order valence-corrected chi connectivity index (χ1v) is 6.42. The summed E-state index contributed by atoms with van der Waals surface area (Å²) in [6.07, 6.45) is 4.04. The third-order valence-corrected chi connectivity index (χ3v) is 3.36. The van der Waals surface area contributed by atoms with Gasteiger partial charge in [0.05, 0.1) is 0 Å². The predicted molar refractivity (Wildman–Crippen MR) is 64.1 cm³/mol. The molecule has 1 N–H and O–H groups in total. The summed E-state index contributed by atoms with van der Waals surface area (Å²) in [7, 11) is 1.93. The molecule has 15 heavy (non-hydrogen) atoms. The van der Waals surface area contributed by atoms with Crippen molar-refractivity contribution in [2.24, 2.45) is 7.05 Å². The third-order valence-electron chi connectivity index (χ3n) is 2.24. The molecular formula is C10H20N4S. The molecule has 0 aliphatic carbocycles. The Hall–Kier alpha value is -0.550. The normalized spacial score (nSPS) is 13.0. The van der Waals surface area contributed by atoms with Crippen LogP contribution in [-0.2, 0) is 7.05 Å². The van der Waals surface area contributed by atoms with Crippen LogP contribution in [0.15, 0.2) is 11.5 Å². The van der Waals surface area contributed by atoms with Gasteiger partial charge in [0.1, 0.15) is 6.33 Å². The second kappa shape index (κ2) is 6.85. The van der Waals surface area contributed by atoms with E-state index >= 15 is 0 Å². The zero-order chi connectivity index (χ0) is 11.1. The largest absolute Gasteiger partial charge is 0.315 e. The van der Waals surface area contributed by atoms with Crippen LogP contribution in [-0.4, -0.2) is 33.1 Å². The number of nitrogens with one attached hydrogen (secondary N) is 1. The Bertz CT molecular complexity index is 274. The van der Waals surface area contributed by atoms with Crippen LogP contribution in [0.25, 0.3) is 0 Å². The van der Waals surface area contributed by atoms with E-state index in [1.54, 1.807) is 18.1 Å². The lowest BCUT2D eigenvalue weighted by Gasteiger charge is -2.10. The Morgan fingerprint density at radius 2 is 2.40 bits per heavy atom. The van der Waals surface area contributed by atoms with Gasteiger partial charge < -0.3 is 5.32 Å². The van der Waals surface area contributed by atoms with Crippen LogP contribution in [0.1, 0.15) is 26.7 Å². The van der Waals surface area contributed by atoms with Gasteiger partial charge in [0.25, 0.3) is 0 Å². The fourth-order valence-electron chi connectivity index (χ4n) is 1.42. The molecule has 0 radical (unpaired) electrons. The summed E-state index contributed by atoms with van der Waals surface area (Å²) < 4.78 is 1.82. The molecule has 1 atom stereocenters. The summed E-state index contributed by atoms with van der Waals surface area (Å²) in [6, 6.07) is 0.620. The van der Waals surface area contributed by atoms with Crippen LogP contribution >= 0.6 is 11.8 Å². The van der Waals surface area contributed by atoms with Crippen molar-refractivity contribution < 1.29 is 0 Å². The average molecular weight is 228 g/mol. The first-order chi connectivity index (χ1) is 7.24. The van der Waals surface area contributed by atoms with Crippen LogP contribution in [0.3, 0.4) is 0 Å². The zero-order valence-electron chi connectivity index (χ0n) is 9.73. The molecule has 1 aromatic rings. The van der Waals surface area contributed by atoms with E-state index < -0.39 is 0 Å². The smallest absolute Gasteiger partial charge is 0.185 e. The van der Waals surface area contributed by atoms with E-state index in [-0.39, 0.29) is 0 Å². The molecule has 4 nitrogen and oxygen atoms in total. The second-order valence-electron chi connectivity index (χ2n) is 3.62. The van der Waals surface area contributed by atoms with Gasteiger partial charge in [-0.3, -0.25) is 0 Å². The van der Waals surface area contributed by atoms with Gasteiger partial charge in [0.15, 0.2) is 5.16 Å². The summed E-state index contributed by atoms with van der Waals surface area (Å²) in [5.74, 6) is 1.11. The Balaban J connectivity index is 2.09. The van der Waals surface area contributed by atoms with Crippen LogP contribution in [0.2, 0.25) is 0 Å². The maximum atomic E-state index is 4.17. The van der Waals surface area contributed by atoms with E-state index in [0.717, 1.165) is 17.5 Å². The molecule has 1 rings (SSSR count). The number of hydrogen-bond donors (Lipinski definition) is 1. The Kier molecular flexibility index (Phi) is 5.71. The highest BCUT2D eigenvalue weighted by Crippen LogP contribution is 2.15. The molecule has 86 valence electrons. The molecule has 0 aromatic carbocycles. The summed E-state index contributed by atoms with van der Waals surface area (Å²) in [6.45, 7) is 5.43. The lowest BCUT2D eigenvalue weighted by atomic mass is 10.2. The highest BCUT2D eigenvalue weighted by atomic mass is 32.2. The van der Waals surface area contributed by atoms with Gasteiger partial charge in [-0.2, -0.15) is 5.10 Å². The molecule has 1 unspecified atom stereocenters. The molecule has 0 saturated heterocycles. The number of aryl methyl sites for hydroxylation is 1. The monoisotopic (exact) mass is 228 g/mol. The maximum absolute atomic E-state index is 4.17. The van der Waals surface area contributed by atoms with Crippen molar-refractivity contribution >= 4 is 11.8 Å². The Labute approximate surface area is 95.9 Å². The van der Waals surface area contributed by atoms with Gasteiger partial charge in [-0.25, -0.2) is 9.67 Å². The van der Waals surface area contributed by atoms with Crippen molar-refractivity contribution in [3.63, 3.8) is 0 Å². The number of hydrogen-bond acceptors (Lipinski definition) is 4. The van der Waals surface area contributed by atoms with Gasteiger partial charge in [0.2, 0.25) is 0 Å². The lowest BCUT2D eigenvalue weighted by molar-refractivity contribution is 0.526. The fourth-order valence-corrected chi connectivity index (χ4v) is 2.27. The number of rotatable bonds is 7. The molecule has 5 heteroatoms. The molecule has 0 spiro atoms. The summed E-state index contributed by atoms with van der Waals surface area (Å²) in [5, 5.41) is 8.45. The van der Waals surface area contributed by atoms with Crippen LogP contribution < -0.4 is 5.32 Å². The fraction of sp³-hybridized carbons (Fsp3) is 0.800. The van der Waals surface area contributed by atoms with E-state index in [1.165, 1.54) is 12.8 Å². The molecule has 0 aliphatic heterocycles.